The van der Waals surface area contributed by atoms with Crippen molar-refractivity contribution in [3.8, 4) is 0 Å². The van der Waals surface area contributed by atoms with E-state index in [0.717, 1.165) is 45.2 Å². The van der Waals surface area contributed by atoms with Crippen LogP contribution < -0.4 is 0 Å². The molecule has 0 radical (unpaired) electrons. The SMILES string of the molecule is O=C(c1ccc(S(=O)(=O)N2CCCC2)cc1)N1CCC(Cc2ccccc2)CC1. The van der Waals surface area contributed by atoms with Crippen LogP contribution in [0.15, 0.2) is 59.5 Å². The Morgan fingerprint density at radius 3 is 2.10 bits per heavy atom. The fourth-order valence-corrected chi connectivity index (χ4v) is 5.83. The van der Waals surface area contributed by atoms with Crippen molar-refractivity contribution in [2.24, 2.45) is 5.92 Å². The number of rotatable bonds is 5. The normalized spacial score (nSPS) is 18.8. The van der Waals surface area contributed by atoms with Gasteiger partial charge < -0.3 is 4.90 Å². The quantitative estimate of drug-likeness (QED) is 0.754. The van der Waals surface area contributed by atoms with E-state index in [0.29, 0.717) is 24.6 Å². The van der Waals surface area contributed by atoms with Gasteiger partial charge >= 0.3 is 0 Å². The molecule has 0 N–H and O–H groups in total. The Balaban J connectivity index is 1.35. The standard InChI is InChI=1S/C23H28N2O3S/c26-23(24-16-12-20(13-17-24)18-19-6-2-1-3-7-19)21-8-10-22(11-9-21)29(27,28)25-14-4-5-15-25/h1-3,6-11,20H,4-5,12-18H2. The van der Waals surface area contributed by atoms with Crippen molar-refractivity contribution in [1.82, 2.24) is 9.21 Å². The van der Waals surface area contributed by atoms with E-state index in [-0.39, 0.29) is 10.8 Å². The second kappa shape index (κ2) is 8.67. The number of nitrogens with zero attached hydrogens (tertiary/aromatic N) is 2. The average molecular weight is 413 g/mol. The molecule has 6 heteroatoms. The summed E-state index contributed by atoms with van der Waals surface area (Å²) in [5.74, 6) is 0.600. The van der Waals surface area contributed by atoms with E-state index in [2.05, 4.69) is 24.3 Å². The van der Waals surface area contributed by atoms with E-state index in [1.54, 1.807) is 24.3 Å². The summed E-state index contributed by atoms with van der Waals surface area (Å²) in [6, 6.07) is 17.0. The summed E-state index contributed by atoms with van der Waals surface area (Å²) in [5, 5.41) is 0. The van der Waals surface area contributed by atoms with Crippen molar-refractivity contribution in [2.45, 2.75) is 37.0 Å². The summed E-state index contributed by atoms with van der Waals surface area (Å²) in [4.78, 5) is 15.0. The maximum absolute atomic E-state index is 12.8. The summed E-state index contributed by atoms with van der Waals surface area (Å²) in [5.41, 5.74) is 1.92. The fourth-order valence-electron chi connectivity index (χ4n) is 4.32. The van der Waals surface area contributed by atoms with Crippen molar-refractivity contribution in [1.29, 1.82) is 0 Å². The molecule has 2 heterocycles. The molecule has 0 aromatic heterocycles. The second-order valence-corrected chi connectivity index (χ2v) is 10.00. The molecule has 4 rings (SSSR count). The van der Waals surface area contributed by atoms with Crippen LogP contribution in [-0.2, 0) is 16.4 Å². The van der Waals surface area contributed by atoms with Crippen molar-refractivity contribution in [3.63, 3.8) is 0 Å². The number of hydrogen-bond acceptors (Lipinski definition) is 3. The lowest BCUT2D eigenvalue weighted by Gasteiger charge is -2.32. The minimum Gasteiger partial charge on any atom is -0.339 e. The van der Waals surface area contributed by atoms with Crippen LogP contribution in [0.1, 0.15) is 41.6 Å². The lowest BCUT2D eigenvalue weighted by atomic mass is 9.90. The molecule has 1 amide bonds. The Morgan fingerprint density at radius 1 is 0.862 bits per heavy atom. The third-order valence-electron chi connectivity index (χ3n) is 6.07. The zero-order valence-corrected chi connectivity index (χ0v) is 17.5. The number of benzene rings is 2. The predicted octanol–water partition coefficient (Wildman–Crippen LogP) is 3.57. The fraction of sp³-hybridized carbons (Fsp3) is 0.435. The Morgan fingerprint density at radius 2 is 1.48 bits per heavy atom. The van der Waals surface area contributed by atoms with Gasteiger partial charge in [0.2, 0.25) is 10.0 Å². The topological polar surface area (TPSA) is 57.7 Å². The summed E-state index contributed by atoms with van der Waals surface area (Å²) in [6.45, 7) is 2.68. The molecular weight excluding hydrogens is 384 g/mol. The number of likely N-dealkylation sites (tertiary alicyclic amines) is 1. The van der Waals surface area contributed by atoms with Gasteiger partial charge in [-0.3, -0.25) is 4.79 Å². The van der Waals surface area contributed by atoms with E-state index in [9.17, 15) is 13.2 Å². The molecule has 5 nitrogen and oxygen atoms in total. The highest BCUT2D eigenvalue weighted by atomic mass is 32.2. The molecular formula is C23H28N2O3S. The van der Waals surface area contributed by atoms with Crippen LogP contribution in [0.2, 0.25) is 0 Å². The molecule has 0 bridgehead atoms. The number of hydrogen-bond donors (Lipinski definition) is 0. The third-order valence-corrected chi connectivity index (χ3v) is 7.99. The zero-order chi connectivity index (χ0) is 20.3. The molecule has 2 saturated heterocycles. The van der Waals surface area contributed by atoms with Crippen LogP contribution in [0.4, 0.5) is 0 Å². The lowest BCUT2D eigenvalue weighted by molar-refractivity contribution is 0.0690. The van der Waals surface area contributed by atoms with Crippen molar-refractivity contribution in [2.75, 3.05) is 26.2 Å². The second-order valence-electron chi connectivity index (χ2n) is 8.06. The lowest BCUT2D eigenvalue weighted by Crippen LogP contribution is -2.39. The summed E-state index contributed by atoms with van der Waals surface area (Å²) in [6.07, 6.45) is 4.89. The molecule has 2 aromatic carbocycles. The van der Waals surface area contributed by atoms with E-state index in [1.165, 1.54) is 9.87 Å². The smallest absolute Gasteiger partial charge is 0.253 e. The van der Waals surface area contributed by atoms with Crippen molar-refractivity contribution >= 4 is 15.9 Å². The van der Waals surface area contributed by atoms with Gasteiger partial charge in [-0.05, 0) is 67.9 Å². The number of piperidine rings is 1. The molecule has 2 aliphatic heterocycles. The Hall–Kier alpha value is -2.18. The highest BCUT2D eigenvalue weighted by molar-refractivity contribution is 7.89. The maximum Gasteiger partial charge on any atom is 0.253 e. The van der Waals surface area contributed by atoms with Gasteiger partial charge in [-0.2, -0.15) is 4.31 Å². The van der Waals surface area contributed by atoms with Crippen LogP contribution in [0, 0.1) is 5.92 Å². The summed E-state index contributed by atoms with van der Waals surface area (Å²) in [7, 11) is -3.43. The maximum atomic E-state index is 12.8. The Labute approximate surface area is 173 Å². The first-order valence-electron chi connectivity index (χ1n) is 10.5. The van der Waals surface area contributed by atoms with Gasteiger partial charge in [-0.25, -0.2) is 8.42 Å². The van der Waals surface area contributed by atoms with Gasteiger partial charge in [-0.1, -0.05) is 30.3 Å². The summed E-state index contributed by atoms with van der Waals surface area (Å²) >= 11 is 0. The zero-order valence-electron chi connectivity index (χ0n) is 16.7. The first-order chi connectivity index (χ1) is 14.0. The molecule has 0 aliphatic carbocycles. The van der Waals surface area contributed by atoms with E-state index in [4.69, 9.17) is 0 Å². The van der Waals surface area contributed by atoms with Crippen LogP contribution in [-0.4, -0.2) is 49.7 Å². The van der Waals surface area contributed by atoms with Gasteiger partial charge in [-0.15, -0.1) is 0 Å². The highest BCUT2D eigenvalue weighted by Crippen LogP contribution is 2.24. The van der Waals surface area contributed by atoms with Gasteiger partial charge in [0.05, 0.1) is 4.90 Å². The molecule has 2 aromatic rings. The molecule has 154 valence electrons. The molecule has 0 atom stereocenters. The van der Waals surface area contributed by atoms with Gasteiger partial charge in [0, 0.05) is 31.7 Å². The number of sulfonamides is 1. The first-order valence-corrected chi connectivity index (χ1v) is 11.9. The Bertz CT molecular complexity index is 928. The molecule has 29 heavy (non-hydrogen) atoms. The third kappa shape index (κ3) is 4.54. The first kappa shape index (κ1) is 20.1. The van der Waals surface area contributed by atoms with Crippen molar-refractivity contribution < 1.29 is 13.2 Å². The molecule has 0 spiro atoms. The van der Waals surface area contributed by atoms with Crippen LogP contribution in [0.3, 0.4) is 0 Å². The van der Waals surface area contributed by atoms with Crippen LogP contribution in [0.25, 0.3) is 0 Å². The van der Waals surface area contributed by atoms with Crippen LogP contribution >= 0.6 is 0 Å². The minimum absolute atomic E-state index is 0.00622. The molecule has 2 fully saturated rings. The minimum atomic E-state index is -3.43. The van der Waals surface area contributed by atoms with Crippen LogP contribution in [0.5, 0.6) is 0 Å². The number of carbonyl (C=O) groups is 1. The number of carbonyl (C=O) groups excluding carboxylic acids is 1. The van der Waals surface area contributed by atoms with Crippen molar-refractivity contribution in [3.05, 3.63) is 65.7 Å². The number of amides is 1. The van der Waals surface area contributed by atoms with Gasteiger partial charge in [0.25, 0.3) is 5.91 Å². The van der Waals surface area contributed by atoms with E-state index in [1.807, 2.05) is 11.0 Å². The highest BCUT2D eigenvalue weighted by Gasteiger charge is 2.28. The molecule has 0 saturated carbocycles. The summed E-state index contributed by atoms with van der Waals surface area (Å²) < 4.78 is 26.8. The Kier molecular flexibility index (Phi) is 6.01. The van der Waals surface area contributed by atoms with E-state index < -0.39 is 10.0 Å². The molecule has 0 unspecified atom stereocenters. The largest absolute Gasteiger partial charge is 0.339 e. The average Bonchev–Trinajstić information content (AvgIpc) is 3.31. The van der Waals surface area contributed by atoms with E-state index >= 15 is 0 Å². The van der Waals surface area contributed by atoms with Gasteiger partial charge in [0.15, 0.2) is 0 Å². The monoisotopic (exact) mass is 412 g/mol. The predicted molar refractivity (Wildman–Crippen MR) is 113 cm³/mol. The van der Waals surface area contributed by atoms with Gasteiger partial charge in [0.1, 0.15) is 0 Å². The molecule has 2 aliphatic rings.